The first-order chi connectivity index (χ1) is 8.13. The molecule has 0 bridgehead atoms. The van der Waals surface area contributed by atoms with Crippen molar-refractivity contribution in [2.24, 2.45) is 0 Å². The van der Waals surface area contributed by atoms with Crippen molar-refractivity contribution in [3.63, 3.8) is 0 Å². The molecular formula is C13H22NO3+. The number of hydrogen-bond donors (Lipinski definition) is 3. The monoisotopic (exact) mass is 240 g/mol. The summed E-state index contributed by atoms with van der Waals surface area (Å²) in [6, 6.07) is 7.77. The van der Waals surface area contributed by atoms with Crippen molar-refractivity contribution in [3.05, 3.63) is 29.8 Å². The molecule has 0 saturated carbocycles. The second-order valence-electron chi connectivity index (χ2n) is 4.45. The lowest BCUT2D eigenvalue weighted by Gasteiger charge is -2.14. The van der Waals surface area contributed by atoms with E-state index in [-0.39, 0.29) is 13.2 Å². The van der Waals surface area contributed by atoms with Crippen molar-refractivity contribution in [1.29, 1.82) is 0 Å². The third-order valence-corrected chi connectivity index (χ3v) is 2.45. The van der Waals surface area contributed by atoms with E-state index in [4.69, 9.17) is 9.84 Å². The molecule has 0 saturated heterocycles. The molecule has 0 amide bonds. The summed E-state index contributed by atoms with van der Waals surface area (Å²) in [5.41, 5.74) is 0.743. The van der Waals surface area contributed by atoms with Crippen LogP contribution in [0.3, 0.4) is 0 Å². The minimum absolute atomic E-state index is 0.0512. The minimum Gasteiger partial charge on any atom is -0.490 e. The quantitative estimate of drug-likeness (QED) is 0.623. The average Bonchev–Trinajstić information content (AvgIpc) is 2.34. The number of para-hydroxylation sites is 1. The molecule has 1 aromatic carbocycles. The highest BCUT2D eigenvalue weighted by molar-refractivity contribution is 5.32. The molecule has 1 aromatic rings. The number of aliphatic hydroxyl groups excluding tert-OH is 2. The predicted molar refractivity (Wildman–Crippen MR) is 65.8 cm³/mol. The number of aliphatic hydroxyl groups is 2. The standard InChI is InChI=1S/C13H21NO3/c1-10(2)14-7-12(16)9-17-13-6-4-3-5-11(13)8-15/h3-6,10,12,14-16H,7-9H2,1-2H3/p+1. The Labute approximate surface area is 102 Å². The molecule has 0 spiro atoms. The molecule has 0 aliphatic rings. The van der Waals surface area contributed by atoms with Crippen LogP contribution in [0.5, 0.6) is 5.75 Å². The number of benzene rings is 1. The molecule has 0 aromatic heterocycles. The third kappa shape index (κ3) is 5.17. The molecular weight excluding hydrogens is 218 g/mol. The van der Waals surface area contributed by atoms with Crippen LogP contribution in [0.2, 0.25) is 0 Å². The lowest BCUT2D eigenvalue weighted by molar-refractivity contribution is -0.688. The Bertz CT molecular complexity index is 328. The van der Waals surface area contributed by atoms with Crippen LogP contribution in [0.15, 0.2) is 24.3 Å². The van der Waals surface area contributed by atoms with Gasteiger partial charge in [0.1, 0.15) is 25.0 Å². The summed E-state index contributed by atoms with van der Waals surface area (Å²) in [6.07, 6.45) is -0.496. The molecule has 4 heteroatoms. The molecule has 0 aliphatic heterocycles. The maximum absolute atomic E-state index is 9.70. The van der Waals surface area contributed by atoms with Crippen LogP contribution in [0.4, 0.5) is 0 Å². The summed E-state index contributed by atoms with van der Waals surface area (Å²) >= 11 is 0. The Kier molecular flexibility index (Phi) is 5.97. The summed E-state index contributed by atoms with van der Waals surface area (Å²) in [4.78, 5) is 0. The Morgan fingerprint density at radius 3 is 2.65 bits per heavy atom. The largest absolute Gasteiger partial charge is 0.490 e. The van der Waals surface area contributed by atoms with E-state index in [9.17, 15) is 5.11 Å². The fourth-order valence-electron chi connectivity index (χ4n) is 1.46. The first-order valence-electron chi connectivity index (χ1n) is 5.96. The van der Waals surface area contributed by atoms with Gasteiger partial charge in [0.25, 0.3) is 0 Å². The molecule has 96 valence electrons. The van der Waals surface area contributed by atoms with Gasteiger partial charge in [0.15, 0.2) is 0 Å². The molecule has 0 aliphatic carbocycles. The van der Waals surface area contributed by atoms with Gasteiger partial charge in [-0.05, 0) is 19.9 Å². The van der Waals surface area contributed by atoms with Crippen LogP contribution in [-0.2, 0) is 6.61 Å². The molecule has 0 fully saturated rings. The van der Waals surface area contributed by atoms with Gasteiger partial charge in [0.2, 0.25) is 0 Å². The van der Waals surface area contributed by atoms with Crippen molar-refractivity contribution >= 4 is 0 Å². The maximum Gasteiger partial charge on any atom is 0.137 e. The van der Waals surface area contributed by atoms with Crippen LogP contribution >= 0.6 is 0 Å². The van der Waals surface area contributed by atoms with Crippen molar-refractivity contribution < 1.29 is 20.3 Å². The van der Waals surface area contributed by atoms with Gasteiger partial charge < -0.3 is 20.3 Å². The van der Waals surface area contributed by atoms with Crippen molar-refractivity contribution in [2.45, 2.75) is 32.6 Å². The summed E-state index contributed by atoms with van der Waals surface area (Å²) < 4.78 is 5.49. The predicted octanol–water partition coefficient (Wildman–Crippen LogP) is -0.110. The van der Waals surface area contributed by atoms with Crippen LogP contribution in [0.25, 0.3) is 0 Å². The van der Waals surface area contributed by atoms with E-state index in [0.29, 0.717) is 18.3 Å². The average molecular weight is 240 g/mol. The van der Waals surface area contributed by atoms with Gasteiger partial charge in [0, 0.05) is 5.56 Å². The van der Waals surface area contributed by atoms with E-state index in [2.05, 4.69) is 19.2 Å². The van der Waals surface area contributed by atoms with E-state index in [0.717, 1.165) is 5.56 Å². The van der Waals surface area contributed by atoms with Gasteiger partial charge in [0.05, 0.1) is 12.6 Å². The Hall–Kier alpha value is -1.10. The molecule has 0 heterocycles. The first kappa shape index (κ1) is 14.0. The van der Waals surface area contributed by atoms with E-state index in [1.54, 1.807) is 6.07 Å². The molecule has 1 rings (SSSR count). The first-order valence-corrected chi connectivity index (χ1v) is 5.96. The van der Waals surface area contributed by atoms with E-state index < -0.39 is 6.10 Å². The van der Waals surface area contributed by atoms with Gasteiger partial charge in [-0.2, -0.15) is 0 Å². The van der Waals surface area contributed by atoms with Crippen LogP contribution in [-0.4, -0.2) is 35.5 Å². The number of ether oxygens (including phenoxy) is 1. The molecule has 1 atom stereocenters. The molecule has 1 unspecified atom stereocenters. The van der Waals surface area contributed by atoms with E-state index in [1.165, 1.54) is 0 Å². The second-order valence-corrected chi connectivity index (χ2v) is 4.45. The molecule has 4 N–H and O–H groups in total. The van der Waals surface area contributed by atoms with Gasteiger partial charge >= 0.3 is 0 Å². The highest BCUT2D eigenvalue weighted by Crippen LogP contribution is 2.17. The lowest BCUT2D eigenvalue weighted by Crippen LogP contribution is -2.90. The summed E-state index contributed by atoms with van der Waals surface area (Å²) in [5.74, 6) is 0.638. The van der Waals surface area contributed by atoms with Gasteiger partial charge in [-0.1, -0.05) is 18.2 Å². The zero-order valence-corrected chi connectivity index (χ0v) is 10.5. The van der Waals surface area contributed by atoms with Gasteiger partial charge in [-0.25, -0.2) is 0 Å². The zero-order valence-electron chi connectivity index (χ0n) is 10.5. The van der Waals surface area contributed by atoms with E-state index >= 15 is 0 Å². The van der Waals surface area contributed by atoms with Gasteiger partial charge in [-0.3, -0.25) is 0 Å². The van der Waals surface area contributed by atoms with Crippen molar-refractivity contribution in [2.75, 3.05) is 13.2 Å². The van der Waals surface area contributed by atoms with Crippen molar-refractivity contribution in [3.8, 4) is 5.75 Å². The highest BCUT2D eigenvalue weighted by atomic mass is 16.5. The van der Waals surface area contributed by atoms with Gasteiger partial charge in [-0.15, -0.1) is 0 Å². The topological polar surface area (TPSA) is 66.3 Å². The summed E-state index contributed by atoms with van der Waals surface area (Å²) in [5, 5.41) is 20.9. The van der Waals surface area contributed by atoms with Crippen LogP contribution in [0, 0.1) is 0 Å². The fraction of sp³-hybridized carbons (Fsp3) is 0.538. The van der Waals surface area contributed by atoms with Crippen LogP contribution in [0.1, 0.15) is 19.4 Å². The van der Waals surface area contributed by atoms with E-state index in [1.807, 2.05) is 18.2 Å². The summed E-state index contributed by atoms with van der Waals surface area (Å²) in [7, 11) is 0. The molecule has 0 radical (unpaired) electrons. The highest BCUT2D eigenvalue weighted by Gasteiger charge is 2.10. The maximum atomic E-state index is 9.70. The lowest BCUT2D eigenvalue weighted by atomic mass is 10.2. The third-order valence-electron chi connectivity index (χ3n) is 2.45. The smallest absolute Gasteiger partial charge is 0.137 e. The summed E-state index contributed by atoms with van der Waals surface area (Å²) in [6.45, 7) is 4.98. The Morgan fingerprint density at radius 2 is 2.00 bits per heavy atom. The number of nitrogens with two attached hydrogens (primary N) is 1. The normalized spacial score (nSPS) is 12.8. The minimum atomic E-state index is -0.496. The molecule has 4 nitrogen and oxygen atoms in total. The van der Waals surface area contributed by atoms with Crippen molar-refractivity contribution in [1.82, 2.24) is 0 Å². The SMILES string of the molecule is CC(C)[NH2+]CC(O)COc1ccccc1CO. The Morgan fingerprint density at radius 1 is 1.29 bits per heavy atom. The van der Waals surface area contributed by atoms with Crippen LogP contribution < -0.4 is 10.1 Å². The fourth-order valence-corrected chi connectivity index (χ4v) is 1.46. The number of quaternary nitrogens is 1. The zero-order chi connectivity index (χ0) is 12.7. The molecule has 17 heavy (non-hydrogen) atoms. The number of rotatable bonds is 7. The number of hydrogen-bond acceptors (Lipinski definition) is 3. The Balaban J connectivity index is 2.39. The second kappa shape index (κ2) is 7.27.